The Kier molecular flexibility index (Phi) is 6.36. The Morgan fingerprint density at radius 1 is 1.19 bits per heavy atom. The number of nitro benzene ring substituents is 1. The van der Waals surface area contributed by atoms with Crippen molar-refractivity contribution in [2.75, 3.05) is 27.4 Å². The van der Waals surface area contributed by atoms with Crippen LogP contribution >= 0.6 is 0 Å². The molecule has 0 aliphatic carbocycles. The summed E-state index contributed by atoms with van der Waals surface area (Å²) < 4.78 is 10.3. The van der Waals surface area contributed by atoms with E-state index in [9.17, 15) is 24.8 Å². The Labute approximate surface area is 178 Å². The zero-order chi connectivity index (χ0) is 22.7. The van der Waals surface area contributed by atoms with E-state index in [2.05, 4.69) is 0 Å². The van der Waals surface area contributed by atoms with Crippen LogP contribution in [0.15, 0.2) is 48.0 Å². The van der Waals surface area contributed by atoms with E-state index in [-0.39, 0.29) is 30.2 Å². The summed E-state index contributed by atoms with van der Waals surface area (Å²) in [7, 11) is 2.98. The highest BCUT2D eigenvalue weighted by molar-refractivity contribution is 6.46. The summed E-state index contributed by atoms with van der Waals surface area (Å²) in [5.41, 5.74) is 1.09. The van der Waals surface area contributed by atoms with Gasteiger partial charge in [0.05, 0.1) is 30.3 Å². The average molecular weight is 426 g/mol. The number of benzene rings is 2. The zero-order valence-electron chi connectivity index (χ0n) is 17.3. The van der Waals surface area contributed by atoms with Crippen LogP contribution in [0.4, 0.5) is 5.69 Å². The van der Waals surface area contributed by atoms with Gasteiger partial charge in [0.1, 0.15) is 11.5 Å². The van der Waals surface area contributed by atoms with E-state index < -0.39 is 22.7 Å². The van der Waals surface area contributed by atoms with Gasteiger partial charge < -0.3 is 19.5 Å². The molecule has 2 aromatic carbocycles. The van der Waals surface area contributed by atoms with Crippen LogP contribution in [0.1, 0.15) is 22.7 Å². The third-order valence-electron chi connectivity index (χ3n) is 5.14. The minimum absolute atomic E-state index is 0.0762. The Balaban J connectivity index is 2.20. The molecule has 1 aliphatic heterocycles. The number of aryl methyl sites for hydroxylation is 1. The van der Waals surface area contributed by atoms with E-state index in [4.69, 9.17) is 9.47 Å². The minimum atomic E-state index is -0.988. The molecule has 0 aromatic heterocycles. The summed E-state index contributed by atoms with van der Waals surface area (Å²) in [6.07, 6.45) is 0. The predicted molar refractivity (Wildman–Crippen MR) is 112 cm³/mol. The van der Waals surface area contributed by atoms with Crippen LogP contribution < -0.4 is 4.74 Å². The zero-order valence-corrected chi connectivity index (χ0v) is 17.3. The fourth-order valence-corrected chi connectivity index (χ4v) is 3.64. The normalized spacial score (nSPS) is 17.8. The molecule has 0 bridgehead atoms. The highest BCUT2D eigenvalue weighted by Crippen LogP contribution is 2.40. The molecule has 1 N–H and O–H groups in total. The number of hydrogen-bond donors (Lipinski definition) is 1. The number of rotatable bonds is 7. The number of amides is 1. The first-order valence-electron chi connectivity index (χ1n) is 9.46. The molecule has 1 unspecified atom stereocenters. The molecule has 162 valence electrons. The number of ketones is 1. The van der Waals surface area contributed by atoms with Crippen molar-refractivity contribution in [3.05, 3.63) is 74.8 Å². The molecule has 1 atom stereocenters. The fraction of sp³-hybridized carbons (Fsp3) is 0.273. The Bertz CT molecular complexity index is 1080. The molecule has 9 nitrogen and oxygen atoms in total. The first-order valence-corrected chi connectivity index (χ1v) is 9.46. The Morgan fingerprint density at radius 2 is 1.94 bits per heavy atom. The molecule has 2 aromatic rings. The first kappa shape index (κ1) is 22.0. The van der Waals surface area contributed by atoms with Gasteiger partial charge in [-0.25, -0.2) is 0 Å². The summed E-state index contributed by atoms with van der Waals surface area (Å²) in [5, 5.41) is 22.3. The van der Waals surface area contributed by atoms with Crippen molar-refractivity contribution in [1.29, 1.82) is 0 Å². The number of aliphatic hydroxyl groups excluding tert-OH is 1. The van der Waals surface area contributed by atoms with Gasteiger partial charge in [0.15, 0.2) is 0 Å². The largest absolute Gasteiger partial charge is 0.507 e. The number of nitrogens with zero attached hydrogens (tertiary/aromatic N) is 2. The van der Waals surface area contributed by atoms with Crippen LogP contribution in [-0.2, 0) is 14.3 Å². The highest BCUT2D eigenvalue weighted by atomic mass is 16.6. The van der Waals surface area contributed by atoms with E-state index >= 15 is 0 Å². The molecule has 0 radical (unpaired) electrons. The van der Waals surface area contributed by atoms with Crippen LogP contribution in [0.5, 0.6) is 5.75 Å². The maximum atomic E-state index is 12.9. The number of hydrogen-bond acceptors (Lipinski definition) is 7. The molecule has 3 rings (SSSR count). The number of aliphatic hydroxyl groups is 1. The SMILES string of the molecule is COCCN1C(=O)C(=O)C(=C(O)c2ccc(OC)c(C)c2)C1c1cccc([N+](=O)[O-])c1. The van der Waals surface area contributed by atoms with Crippen molar-refractivity contribution in [3.63, 3.8) is 0 Å². The van der Waals surface area contributed by atoms with Crippen LogP contribution in [0, 0.1) is 17.0 Å². The third kappa shape index (κ3) is 4.13. The standard InChI is InChI=1S/C22H22N2O7/c1-13-11-15(7-8-17(13)31-3)20(25)18-19(14-5-4-6-16(12-14)24(28)29)23(9-10-30-2)22(27)21(18)26/h4-8,11-12,19,25H,9-10H2,1-3H3. The molecule has 1 heterocycles. The smallest absolute Gasteiger partial charge is 0.295 e. The van der Waals surface area contributed by atoms with E-state index in [0.717, 1.165) is 5.56 Å². The van der Waals surface area contributed by atoms with Gasteiger partial charge in [0, 0.05) is 31.4 Å². The van der Waals surface area contributed by atoms with Gasteiger partial charge in [-0.2, -0.15) is 0 Å². The number of ether oxygens (including phenoxy) is 2. The van der Waals surface area contributed by atoms with Gasteiger partial charge in [0.2, 0.25) is 0 Å². The molecule has 0 saturated carbocycles. The topological polar surface area (TPSA) is 119 Å². The molecule has 1 aliphatic rings. The van der Waals surface area contributed by atoms with Crippen LogP contribution in [-0.4, -0.2) is 54.0 Å². The Morgan fingerprint density at radius 3 is 2.55 bits per heavy atom. The molecular weight excluding hydrogens is 404 g/mol. The molecule has 9 heteroatoms. The number of nitro groups is 1. The van der Waals surface area contributed by atoms with Crippen LogP contribution in [0.2, 0.25) is 0 Å². The van der Waals surface area contributed by atoms with E-state index in [0.29, 0.717) is 16.9 Å². The Hall–Kier alpha value is -3.72. The number of Topliss-reactive ketones (excluding diaryl/α,β-unsaturated/α-hetero) is 1. The lowest BCUT2D eigenvalue weighted by Gasteiger charge is -2.25. The molecule has 31 heavy (non-hydrogen) atoms. The van der Waals surface area contributed by atoms with Gasteiger partial charge in [0.25, 0.3) is 17.4 Å². The van der Waals surface area contributed by atoms with Crippen molar-refractivity contribution < 1.29 is 29.1 Å². The minimum Gasteiger partial charge on any atom is -0.507 e. The summed E-state index contributed by atoms with van der Waals surface area (Å²) in [4.78, 5) is 37.6. The average Bonchev–Trinajstić information content (AvgIpc) is 3.01. The molecule has 1 saturated heterocycles. The van der Waals surface area contributed by atoms with Crippen molar-refractivity contribution in [3.8, 4) is 5.75 Å². The third-order valence-corrected chi connectivity index (χ3v) is 5.14. The summed E-state index contributed by atoms with van der Waals surface area (Å²) in [6.45, 7) is 2.01. The monoisotopic (exact) mass is 426 g/mol. The van der Waals surface area contributed by atoms with Gasteiger partial charge in [-0.3, -0.25) is 19.7 Å². The fourth-order valence-electron chi connectivity index (χ4n) is 3.64. The molecule has 0 spiro atoms. The lowest BCUT2D eigenvalue weighted by atomic mass is 9.94. The van der Waals surface area contributed by atoms with Crippen molar-refractivity contribution >= 4 is 23.1 Å². The number of likely N-dealkylation sites (tertiary alicyclic amines) is 1. The first-order chi connectivity index (χ1) is 14.8. The van der Waals surface area contributed by atoms with Crippen molar-refractivity contribution in [2.24, 2.45) is 0 Å². The van der Waals surface area contributed by atoms with Gasteiger partial charge in [-0.15, -0.1) is 0 Å². The van der Waals surface area contributed by atoms with Crippen LogP contribution in [0.25, 0.3) is 5.76 Å². The predicted octanol–water partition coefficient (Wildman–Crippen LogP) is 2.98. The second-order valence-electron chi connectivity index (χ2n) is 7.02. The quantitative estimate of drug-likeness (QED) is 0.238. The second-order valence-corrected chi connectivity index (χ2v) is 7.02. The maximum absolute atomic E-state index is 12.9. The van der Waals surface area contributed by atoms with Gasteiger partial charge in [-0.05, 0) is 36.2 Å². The summed E-state index contributed by atoms with van der Waals surface area (Å²) >= 11 is 0. The number of carbonyl (C=O) groups excluding carboxylic acids is 2. The number of methoxy groups -OCH3 is 2. The van der Waals surface area contributed by atoms with E-state index in [1.165, 1.54) is 37.3 Å². The van der Waals surface area contributed by atoms with Gasteiger partial charge in [-0.1, -0.05) is 12.1 Å². The second kappa shape index (κ2) is 8.97. The van der Waals surface area contributed by atoms with E-state index in [1.54, 1.807) is 31.2 Å². The summed E-state index contributed by atoms with van der Waals surface area (Å²) in [5.74, 6) is -1.42. The molecule has 1 fully saturated rings. The maximum Gasteiger partial charge on any atom is 0.295 e. The van der Waals surface area contributed by atoms with Gasteiger partial charge >= 0.3 is 0 Å². The lowest BCUT2D eigenvalue weighted by Crippen LogP contribution is -2.32. The van der Waals surface area contributed by atoms with Crippen molar-refractivity contribution in [1.82, 2.24) is 4.90 Å². The number of carbonyl (C=O) groups is 2. The highest BCUT2D eigenvalue weighted by Gasteiger charge is 2.46. The molecule has 1 amide bonds. The van der Waals surface area contributed by atoms with E-state index in [1.807, 2.05) is 0 Å². The summed E-state index contributed by atoms with van der Waals surface area (Å²) in [6, 6.07) is 9.54. The molecular formula is C22H22N2O7. The van der Waals surface area contributed by atoms with Crippen LogP contribution in [0.3, 0.4) is 0 Å². The number of non-ortho nitro benzene ring substituents is 1. The van der Waals surface area contributed by atoms with Crippen molar-refractivity contribution in [2.45, 2.75) is 13.0 Å². The lowest BCUT2D eigenvalue weighted by molar-refractivity contribution is -0.384.